The molecule has 2 rings (SSSR count). The first kappa shape index (κ1) is 16.7. The van der Waals surface area contributed by atoms with Crippen LogP contribution in [0.4, 0.5) is 4.39 Å². The van der Waals surface area contributed by atoms with Crippen molar-refractivity contribution in [1.29, 1.82) is 0 Å². The topological polar surface area (TPSA) is 43.4 Å². The molecular formula is C16H14BrFO3S. The van der Waals surface area contributed by atoms with Gasteiger partial charge in [0.1, 0.15) is 0 Å². The van der Waals surface area contributed by atoms with Crippen LogP contribution in [0.15, 0.2) is 52.3 Å². The molecule has 0 heterocycles. The summed E-state index contributed by atoms with van der Waals surface area (Å²) in [6.45, 7) is 0. The Hall–Kier alpha value is -1.66. The van der Waals surface area contributed by atoms with Crippen LogP contribution in [0.1, 0.15) is 11.1 Å². The molecule has 0 spiro atoms. The molecule has 0 N–H and O–H groups in total. The number of hydrogen-bond acceptors (Lipinski definition) is 3. The highest BCUT2D eigenvalue weighted by Crippen LogP contribution is 2.20. The zero-order chi connectivity index (χ0) is 16.2. The molecule has 3 nitrogen and oxygen atoms in total. The minimum Gasteiger partial charge on any atom is -0.494 e. The molecule has 2 aromatic rings. The van der Waals surface area contributed by atoms with E-state index >= 15 is 0 Å². The first-order valence-electron chi connectivity index (χ1n) is 6.38. The summed E-state index contributed by atoms with van der Waals surface area (Å²) in [5, 5.41) is 1.13. The predicted octanol–water partition coefficient (Wildman–Crippen LogP) is 4.18. The quantitative estimate of drug-likeness (QED) is 0.776. The Morgan fingerprint density at radius 1 is 1.18 bits per heavy atom. The van der Waals surface area contributed by atoms with Crippen molar-refractivity contribution in [3.05, 3.63) is 69.3 Å². The number of rotatable bonds is 5. The summed E-state index contributed by atoms with van der Waals surface area (Å²) in [5.74, 6) is -0.500. The lowest BCUT2D eigenvalue weighted by atomic mass is 10.2. The Morgan fingerprint density at radius 2 is 1.86 bits per heavy atom. The summed E-state index contributed by atoms with van der Waals surface area (Å²) in [4.78, 5) is 0. The Balaban J connectivity index is 2.15. The third kappa shape index (κ3) is 4.68. The van der Waals surface area contributed by atoms with Gasteiger partial charge >= 0.3 is 0 Å². The lowest BCUT2D eigenvalue weighted by molar-refractivity contribution is 0.386. The minimum absolute atomic E-state index is 0.0763. The molecule has 0 bridgehead atoms. The Kier molecular flexibility index (Phi) is 5.37. The van der Waals surface area contributed by atoms with Crippen LogP contribution < -0.4 is 4.74 Å². The van der Waals surface area contributed by atoms with Crippen molar-refractivity contribution in [3.8, 4) is 5.75 Å². The highest BCUT2D eigenvalue weighted by atomic mass is 79.9. The molecular weight excluding hydrogens is 371 g/mol. The fourth-order valence-electron chi connectivity index (χ4n) is 1.82. The van der Waals surface area contributed by atoms with E-state index in [1.165, 1.54) is 31.4 Å². The van der Waals surface area contributed by atoms with Crippen LogP contribution in [-0.4, -0.2) is 15.5 Å². The molecule has 0 aromatic heterocycles. The molecule has 6 heteroatoms. The molecule has 22 heavy (non-hydrogen) atoms. The van der Waals surface area contributed by atoms with Crippen LogP contribution in [0.25, 0.3) is 6.08 Å². The fourth-order valence-corrected chi connectivity index (χ4v) is 3.21. The maximum absolute atomic E-state index is 13.3. The van der Waals surface area contributed by atoms with Gasteiger partial charge in [-0.25, -0.2) is 12.8 Å². The van der Waals surface area contributed by atoms with E-state index < -0.39 is 15.7 Å². The first-order valence-corrected chi connectivity index (χ1v) is 8.89. The molecule has 0 atom stereocenters. The highest BCUT2D eigenvalue weighted by Gasteiger charge is 2.08. The first-order chi connectivity index (χ1) is 10.4. The van der Waals surface area contributed by atoms with Crippen LogP contribution in [0.3, 0.4) is 0 Å². The third-order valence-electron chi connectivity index (χ3n) is 2.92. The van der Waals surface area contributed by atoms with Crippen LogP contribution in [0.2, 0.25) is 0 Å². The molecule has 2 aromatic carbocycles. The molecule has 0 saturated heterocycles. The van der Waals surface area contributed by atoms with Gasteiger partial charge in [0.2, 0.25) is 0 Å². The van der Waals surface area contributed by atoms with E-state index in [1.807, 2.05) is 0 Å². The van der Waals surface area contributed by atoms with Gasteiger partial charge in [-0.15, -0.1) is 0 Å². The van der Waals surface area contributed by atoms with Crippen molar-refractivity contribution >= 4 is 31.8 Å². The Labute approximate surface area is 137 Å². The average Bonchev–Trinajstić information content (AvgIpc) is 2.49. The second kappa shape index (κ2) is 7.07. The summed E-state index contributed by atoms with van der Waals surface area (Å²) >= 11 is 3.30. The second-order valence-corrected chi connectivity index (χ2v) is 7.43. The van der Waals surface area contributed by atoms with E-state index in [2.05, 4.69) is 15.9 Å². The predicted molar refractivity (Wildman–Crippen MR) is 88.8 cm³/mol. The third-order valence-corrected chi connectivity index (χ3v) is 4.74. The highest BCUT2D eigenvalue weighted by molar-refractivity contribution is 9.10. The average molecular weight is 385 g/mol. The zero-order valence-corrected chi connectivity index (χ0v) is 14.2. The summed E-state index contributed by atoms with van der Waals surface area (Å²) in [6, 6.07) is 11.2. The number of benzene rings is 2. The molecule has 0 radical (unpaired) electrons. The summed E-state index contributed by atoms with van der Waals surface area (Å²) in [6.07, 6.45) is 1.43. The zero-order valence-electron chi connectivity index (χ0n) is 11.8. The number of halogens is 2. The van der Waals surface area contributed by atoms with Crippen LogP contribution in [0, 0.1) is 5.82 Å². The van der Waals surface area contributed by atoms with E-state index in [0.29, 0.717) is 11.1 Å². The number of methoxy groups -OCH3 is 1. The van der Waals surface area contributed by atoms with Crippen molar-refractivity contribution in [2.24, 2.45) is 0 Å². The van der Waals surface area contributed by atoms with E-state index in [0.717, 1.165) is 9.88 Å². The van der Waals surface area contributed by atoms with Gasteiger partial charge in [-0.3, -0.25) is 0 Å². The van der Waals surface area contributed by atoms with Gasteiger partial charge < -0.3 is 4.74 Å². The SMILES string of the molecule is COc1cc(C=CS(=O)(=O)Cc2ccc(Br)cc2)ccc1F. The molecule has 0 amide bonds. The summed E-state index contributed by atoms with van der Waals surface area (Å²) in [7, 11) is -2.05. The molecule has 0 aliphatic carbocycles. The molecule has 0 fully saturated rings. The number of sulfone groups is 1. The van der Waals surface area contributed by atoms with Gasteiger partial charge in [-0.2, -0.15) is 0 Å². The minimum atomic E-state index is -3.41. The van der Waals surface area contributed by atoms with Gasteiger partial charge in [0, 0.05) is 9.88 Å². The van der Waals surface area contributed by atoms with E-state index in [1.54, 1.807) is 24.3 Å². The van der Waals surface area contributed by atoms with Crippen molar-refractivity contribution in [2.45, 2.75) is 5.75 Å². The number of ether oxygens (including phenoxy) is 1. The molecule has 116 valence electrons. The smallest absolute Gasteiger partial charge is 0.175 e. The van der Waals surface area contributed by atoms with E-state index in [9.17, 15) is 12.8 Å². The van der Waals surface area contributed by atoms with Gasteiger partial charge in [-0.05, 0) is 41.5 Å². The summed E-state index contributed by atoms with van der Waals surface area (Å²) < 4.78 is 43.2. The van der Waals surface area contributed by atoms with E-state index in [4.69, 9.17) is 4.74 Å². The molecule has 0 saturated carbocycles. The standard InChI is InChI=1S/C16H14BrFO3S/c1-21-16-10-12(4-7-15(16)18)8-9-22(19,20)11-13-2-5-14(17)6-3-13/h2-10H,11H2,1H3. The van der Waals surface area contributed by atoms with Crippen LogP contribution in [0.5, 0.6) is 5.75 Å². The Bertz CT molecular complexity index is 784. The normalized spacial score (nSPS) is 11.8. The molecule has 0 aliphatic rings. The second-order valence-electron chi connectivity index (χ2n) is 4.63. The maximum Gasteiger partial charge on any atom is 0.175 e. The van der Waals surface area contributed by atoms with Gasteiger partial charge in [0.25, 0.3) is 0 Å². The van der Waals surface area contributed by atoms with Gasteiger partial charge in [-0.1, -0.05) is 34.1 Å². The largest absolute Gasteiger partial charge is 0.494 e. The van der Waals surface area contributed by atoms with Crippen molar-refractivity contribution in [2.75, 3.05) is 7.11 Å². The van der Waals surface area contributed by atoms with Crippen LogP contribution >= 0.6 is 15.9 Å². The van der Waals surface area contributed by atoms with Crippen molar-refractivity contribution in [1.82, 2.24) is 0 Å². The van der Waals surface area contributed by atoms with Gasteiger partial charge in [0.05, 0.1) is 12.9 Å². The monoisotopic (exact) mass is 384 g/mol. The maximum atomic E-state index is 13.3. The van der Waals surface area contributed by atoms with E-state index in [-0.39, 0.29) is 11.5 Å². The lowest BCUT2D eigenvalue weighted by Crippen LogP contribution is -1.99. The van der Waals surface area contributed by atoms with Crippen molar-refractivity contribution in [3.63, 3.8) is 0 Å². The summed E-state index contributed by atoms with van der Waals surface area (Å²) in [5.41, 5.74) is 1.25. The molecule has 0 unspecified atom stereocenters. The Morgan fingerprint density at radius 3 is 2.50 bits per heavy atom. The number of hydrogen-bond donors (Lipinski definition) is 0. The fraction of sp³-hybridized carbons (Fsp3) is 0.125. The molecule has 0 aliphatic heterocycles. The van der Waals surface area contributed by atoms with Crippen molar-refractivity contribution < 1.29 is 17.5 Å². The van der Waals surface area contributed by atoms with Crippen LogP contribution in [-0.2, 0) is 15.6 Å². The van der Waals surface area contributed by atoms with Gasteiger partial charge in [0.15, 0.2) is 21.4 Å². The lowest BCUT2D eigenvalue weighted by Gasteiger charge is -2.03.